The molecule has 5 nitrogen and oxygen atoms in total. The fraction of sp³-hybridized carbons (Fsp3) is 0.867. The van der Waals surface area contributed by atoms with E-state index >= 15 is 0 Å². The van der Waals surface area contributed by atoms with Crippen LogP contribution in [-0.4, -0.2) is 72.3 Å². The molecule has 5 heteroatoms. The molecule has 0 aromatic heterocycles. The summed E-state index contributed by atoms with van der Waals surface area (Å²) in [5.74, 6) is 0.832. The molecule has 20 heavy (non-hydrogen) atoms. The molecule has 2 amide bonds. The number of carbonyl (C=O) groups is 2. The number of likely N-dealkylation sites (N-methyl/N-ethyl adjacent to an activating group) is 1. The second-order valence-electron chi connectivity index (χ2n) is 5.80. The van der Waals surface area contributed by atoms with Crippen molar-refractivity contribution >= 4 is 11.8 Å². The van der Waals surface area contributed by atoms with Gasteiger partial charge in [-0.2, -0.15) is 0 Å². The third-order valence-corrected chi connectivity index (χ3v) is 4.61. The third-order valence-electron chi connectivity index (χ3n) is 4.61. The molecule has 0 aromatic carbocycles. The standard InChI is InChI=1S/C15H27N3O2/c1-3-17(4-2)14(19)12-16-8-10-18(11-9-16)15(20)13-6-5-7-13/h13H,3-12H2,1-2H3. The smallest absolute Gasteiger partial charge is 0.236 e. The van der Waals surface area contributed by atoms with E-state index in [-0.39, 0.29) is 5.91 Å². The number of hydrogen-bond acceptors (Lipinski definition) is 3. The molecule has 0 spiro atoms. The summed E-state index contributed by atoms with van der Waals surface area (Å²) in [6, 6.07) is 0. The van der Waals surface area contributed by atoms with Crippen LogP contribution in [0.1, 0.15) is 33.1 Å². The van der Waals surface area contributed by atoms with Gasteiger partial charge in [0.25, 0.3) is 0 Å². The molecule has 0 unspecified atom stereocenters. The fourth-order valence-corrected chi connectivity index (χ4v) is 2.91. The van der Waals surface area contributed by atoms with E-state index < -0.39 is 0 Å². The van der Waals surface area contributed by atoms with Crippen molar-refractivity contribution < 1.29 is 9.59 Å². The Balaban J connectivity index is 1.73. The van der Waals surface area contributed by atoms with Crippen molar-refractivity contribution in [3.05, 3.63) is 0 Å². The summed E-state index contributed by atoms with van der Waals surface area (Å²) in [7, 11) is 0. The maximum absolute atomic E-state index is 12.1. The predicted octanol–water partition coefficient (Wildman–Crippen LogP) is 0.799. The van der Waals surface area contributed by atoms with Gasteiger partial charge >= 0.3 is 0 Å². The van der Waals surface area contributed by atoms with Crippen LogP contribution in [-0.2, 0) is 9.59 Å². The summed E-state index contributed by atoms with van der Waals surface area (Å²) < 4.78 is 0. The second kappa shape index (κ2) is 7.07. The molecular formula is C15H27N3O2. The van der Waals surface area contributed by atoms with Crippen molar-refractivity contribution in [3.63, 3.8) is 0 Å². The topological polar surface area (TPSA) is 43.9 Å². The average Bonchev–Trinajstić information content (AvgIpc) is 2.39. The summed E-state index contributed by atoms with van der Waals surface area (Å²) in [6.07, 6.45) is 3.34. The van der Waals surface area contributed by atoms with Crippen LogP contribution in [0.5, 0.6) is 0 Å². The Morgan fingerprint density at radius 1 is 1.05 bits per heavy atom. The van der Waals surface area contributed by atoms with Crippen LogP contribution in [0.25, 0.3) is 0 Å². The summed E-state index contributed by atoms with van der Waals surface area (Å²) in [5, 5.41) is 0. The van der Waals surface area contributed by atoms with Gasteiger partial charge < -0.3 is 9.80 Å². The minimum Gasteiger partial charge on any atom is -0.342 e. The predicted molar refractivity (Wildman–Crippen MR) is 78.3 cm³/mol. The first-order chi connectivity index (χ1) is 9.65. The molecule has 0 radical (unpaired) electrons. The summed E-state index contributed by atoms with van der Waals surface area (Å²) in [5.41, 5.74) is 0. The first-order valence-corrected chi connectivity index (χ1v) is 7.94. The Morgan fingerprint density at radius 3 is 2.10 bits per heavy atom. The first kappa shape index (κ1) is 15.3. The lowest BCUT2D eigenvalue weighted by molar-refractivity contribution is -0.140. The van der Waals surface area contributed by atoms with E-state index in [9.17, 15) is 9.59 Å². The number of piperazine rings is 1. The van der Waals surface area contributed by atoms with E-state index in [4.69, 9.17) is 0 Å². The number of hydrogen-bond donors (Lipinski definition) is 0. The van der Waals surface area contributed by atoms with Gasteiger partial charge in [0.1, 0.15) is 0 Å². The number of amides is 2. The van der Waals surface area contributed by atoms with Crippen molar-refractivity contribution in [2.45, 2.75) is 33.1 Å². The fourth-order valence-electron chi connectivity index (χ4n) is 2.91. The molecule has 1 aliphatic carbocycles. The Bertz CT molecular complexity index is 343. The molecule has 1 heterocycles. The number of rotatable bonds is 5. The van der Waals surface area contributed by atoms with Gasteiger partial charge in [-0.15, -0.1) is 0 Å². The third kappa shape index (κ3) is 3.51. The summed E-state index contributed by atoms with van der Waals surface area (Å²) >= 11 is 0. The van der Waals surface area contributed by atoms with E-state index in [2.05, 4.69) is 4.90 Å². The van der Waals surface area contributed by atoms with Crippen LogP contribution in [0.4, 0.5) is 0 Å². The largest absolute Gasteiger partial charge is 0.342 e. The van der Waals surface area contributed by atoms with Crippen LogP contribution < -0.4 is 0 Å². The van der Waals surface area contributed by atoms with Gasteiger partial charge in [0, 0.05) is 45.2 Å². The van der Waals surface area contributed by atoms with Gasteiger partial charge in [-0.1, -0.05) is 6.42 Å². The molecule has 2 aliphatic rings. The van der Waals surface area contributed by atoms with Crippen molar-refractivity contribution in [3.8, 4) is 0 Å². The first-order valence-electron chi connectivity index (χ1n) is 7.94. The highest BCUT2D eigenvalue weighted by molar-refractivity contribution is 5.80. The molecule has 114 valence electrons. The van der Waals surface area contributed by atoms with E-state index in [1.807, 2.05) is 23.6 Å². The number of carbonyl (C=O) groups excluding carboxylic acids is 2. The molecule has 1 saturated carbocycles. The van der Waals surface area contributed by atoms with Gasteiger partial charge in [-0.3, -0.25) is 14.5 Å². The zero-order valence-corrected chi connectivity index (χ0v) is 12.8. The molecule has 2 fully saturated rings. The highest BCUT2D eigenvalue weighted by atomic mass is 16.2. The van der Waals surface area contributed by atoms with E-state index in [0.717, 1.165) is 52.1 Å². The molecule has 0 N–H and O–H groups in total. The van der Waals surface area contributed by atoms with Crippen LogP contribution in [0.15, 0.2) is 0 Å². The molecule has 1 aliphatic heterocycles. The van der Waals surface area contributed by atoms with Crippen LogP contribution in [0.3, 0.4) is 0 Å². The van der Waals surface area contributed by atoms with Crippen LogP contribution >= 0.6 is 0 Å². The zero-order chi connectivity index (χ0) is 14.5. The minimum atomic E-state index is 0.203. The van der Waals surface area contributed by atoms with Crippen molar-refractivity contribution in [1.29, 1.82) is 0 Å². The number of nitrogens with zero attached hydrogens (tertiary/aromatic N) is 3. The van der Waals surface area contributed by atoms with Gasteiger partial charge in [0.05, 0.1) is 6.54 Å². The SMILES string of the molecule is CCN(CC)C(=O)CN1CCN(C(=O)C2CCC2)CC1. The molecule has 0 aromatic rings. The van der Waals surface area contributed by atoms with E-state index in [1.165, 1.54) is 6.42 Å². The van der Waals surface area contributed by atoms with Crippen LogP contribution in [0, 0.1) is 5.92 Å². The van der Waals surface area contributed by atoms with Crippen molar-refractivity contribution in [2.24, 2.45) is 5.92 Å². The highest BCUT2D eigenvalue weighted by Gasteiger charge is 2.31. The molecular weight excluding hydrogens is 254 g/mol. The normalized spacial score (nSPS) is 20.6. The Hall–Kier alpha value is -1.10. The lowest BCUT2D eigenvalue weighted by Crippen LogP contribution is -2.53. The molecule has 2 rings (SSSR count). The minimum absolute atomic E-state index is 0.203. The maximum atomic E-state index is 12.1. The summed E-state index contributed by atoms with van der Waals surface area (Å²) in [6.45, 7) is 9.27. The van der Waals surface area contributed by atoms with Crippen molar-refractivity contribution in [2.75, 3.05) is 45.8 Å². The maximum Gasteiger partial charge on any atom is 0.236 e. The van der Waals surface area contributed by atoms with Crippen molar-refractivity contribution in [1.82, 2.24) is 14.7 Å². The Morgan fingerprint density at radius 2 is 1.65 bits per heavy atom. The van der Waals surface area contributed by atoms with Gasteiger partial charge in [-0.05, 0) is 26.7 Å². The van der Waals surface area contributed by atoms with E-state index in [1.54, 1.807) is 0 Å². The summed E-state index contributed by atoms with van der Waals surface area (Å²) in [4.78, 5) is 30.2. The molecule has 1 saturated heterocycles. The quantitative estimate of drug-likeness (QED) is 0.749. The molecule has 0 bridgehead atoms. The second-order valence-corrected chi connectivity index (χ2v) is 5.80. The lowest BCUT2D eigenvalue weighted by Gasteiger charge is -2.38. The lowest BCUT2D eigenvalue weighted by atomic mass is 9.84. The highest BCUT2D eigenvalue weighted by Crippen LogP contribution is 2.28. The molecule has 0 atom stereocenters. The average molecular weight is 281 g/mol. The monoisotopic (exact) mass is 281 g/mol. The zero-order valence-electron chi connectivity index (χ0n) is 12.8. The van der Waals surface area contributed by atoms with Crippen LogP contribution in [0.2, 0.25) is 0 Å². The van der Waals surface area contributed by atoms with Gasteiger partial charge in [0.2, 0.25) is 11.8 Å². The van der Waals surface area contributed by atoms with E-state index in [0.29, 0.717) is 18.4 Å². The van der Waals surface area contributed by atoms with Gasteiger partial charge in [0.15, 0.2) is 0 Å². The Labute approximate surface area is 121 Å². The Kier molecular flexibility index (Phi) is 5.40. The van der Waals surface area contributed by atoms with Gasteiger partial charge in [-0.25, -0.2) is 0 Å².